The first-order valence-corrected chi connectivity index (χ1v) is 10.6. The van der Waals surface area contributed by atoms with Crippen LogP contribution in [0.3, 0.4) is 0 Å². The van der Waals surface area contributed by atoms with Gasteiger partial charge in [0.1, 0.15) is 23.9 Å². The molecule has 4 rings (SSSR count). The maximum Gasteiger partial charge on any atom is 0.344 e. The molecule has 0 bridgehead atoms. The molecule has 3 aromatic carbocycles. The van der Waals surface area contributed by atoms with Gasteiger partial charge in [-0.25, -0.2) is 9.78 Å². The van der Waals surface area contributed by atoms with Gasteiger partial charge in [0.15, 0.2) is 6.61 Å². The lowest BCUT2D eigenvalue weighted by atomic mass is 10.0. The predicted molar refractivity (Wildman–Crippen MR) is 129 cm³/mol. The second kappa shape index (κ2) is 10.6. The molecule has 0 saturated heterocycles. The van der Waals surface area contributed by atoms with Crippen molar-refractivity contribution in [3.05, 3.63) is 78.4 Å². The van der Waals surface area contributed by atoms with Crippen LogP contribution in [0.25, 0.3) is 22.0 Å². The summed E-state index contributed by atoms with van der Waals surface area (Å²) in [5.41, 5.74) is 3.06. The zero-order valence-corrected chi connectivity index (χ0v) is 19.2. The molecule has 0 amide bonds. The molecule has 0 saturated carbocycles. The first kappa shape index (κ1) is 22.9. The Labute approximate surface area is 197 Å². The Hall–Kier alpha value is -4.26. The van der Waals surface area contributed by atoms with Crippen LogP contribution in [0.5, 0.6) is 23.1 Å². The number of pyridine rings is 1. The van der Waals surface area contributed by atoms with Gasteiger partial charge in [-0.15, -0.1) is 0 Å². The molecule has 1 aromatic heterocycles. The van der Waals surface area contributed by atoms with Gasteiger partial charge in [0.2, 0.25) is 5.88 Å². The van der Waals surface area contributed by atoms with E-state index < -0.39 is 5.97 Å². The normalized spacial score (nSPS) is 10.6. The van der Waals surface area contributed by atoms with Gasteiger partial charge in [0.25, 0.3) is 0 Å². The summed E-state index contributed by atoms with van der Waals surface area (Å²) in [6, 6.07) is 22.5. The minimum atomic E-state index is -0.491. The number of esters is 1. The number of hydrogen-bond acceptors (Lipinski definition) is 7. The number of rotatable bonds is 9. The summed E-state index contributed by atoms with van der Waals surface area (Å²) in [5, 5.41) is 0.785. The van der Waals surface area contributed by atoms with Gasteiger partial charge >= 0.3 is 5.97 Å². The third-order valence-corrected chi connectivity index (χ3v) is 5.26. The third kappa shape index (κ3) is 5.20. The summed E-state index contributed by atoms with van der Waals surface area (Å²) >= 11 is 0. The monoisotopic (exact) mass is 459 g/mol. The quantitative estimate of drug-likeness (QED) is 0.324. The van der Waals surface area contributed by atoms with E-state index in [2.05, 4.69) is 4.98 Å². The van der Waals surface area contributed by atoms with Crippen LogP contribution in [0.1, 0.15) is 5.56 Å². The minimum Gasteiger partial charge on any atom is -0.497 e. The van der Waals surface area contributed by atoms with Crippen LogP contribution in [-0.2, 0) is 16.1 Å². The molecule has 34 heavy (non-hydrogen) atoms. The number of nitrogens with zero attached hydrogens (tertiary/aromatic N) is 1. The fourth-order valence-electron chi connectivity index (χ4n) is 3.48. The highest BCUT2D eigenvalue weighted by Crippen LogP contribution is 2.38. The zero-order chi connectivity index (χ0) is 23.9. The second-order valence-electron chi connectivity index (χ2n) is 7.40. The van der Waals surface area contributed by atoms with Gasteiger partial charge < -0.3 is 23.7 Å². The van der Waals surface area contributed by atoms with Crippen LogP contribution in [-0.4, -0.2) is 38.9 Å². The van der Waals surface area contributed by atoms with E-state index in [4.69, 9.17) is 23.7 Å². The molecule has 0 aliphatic rings. The average Bonchev–Trinajstić information content (AvgIpc) is 2.90. The Kier molecular flexibility index (Phi) is 7.13. The number of fused-ring (bicyclic) bond motifs is 1. The molecule has 0 aliphatic heterocycles. The van der Waals surface area contributed by atoms with Gasteiger partial charge in [-0.05, 0) is 29.3 Å². The van der Waals surface area contributed by atoms with Gasteiger partial charge in [0.05, 0.1) is 26.8 Å². The number of carbonyl (C=O) groups is 1. The van der Waals surface area contributed by atoms with Gasteiger partial charge in [0, 0.05) is 23.1 Å². The van der Waals surface area contributed by atoms with Crippen molar-refractivity contribution in [2.24, 2.45) is 0 Å². The van der Waals surface area contributed by atoms with Crippen molar-refractivity contribution in [1.82, 2.24) is 4.98 Å². The van der Waals surface area contributed by atoms with Crippen molar-refractivity contribution in [2.45, 2.75) is 6.61 Å². The van der Waals surface area contributed by atoms with Crippen LogP contribution in [0.4, 0.5) is 0 Å². The van der Waals surface area contributed by atoms with Gasteiger partial charge in [-0.1, -0.05) is 42.5 Å². The highest BCUT2D eigenvalue weighted by molar-refractivity contribution is 5.92. The lowest BCUT2D eigenvalue weighted by Crippen LogP contribution is -2.15. The first-order chi connectivity index (χ1) is 16.6. The standard InChI is InChI=1S/C27H25NO6/c1-30-20-11-9-19(10-12-20)22-15-23-24(13-21(31-2)14-25(23)32-3)28-27(22)34-17-26(29)33-16-18-7-5-4-6-8-18/h4-15H,16-17H2,1-3H3. The van der Waals surface area contributed by atoms with E-state index >= 15 is 0 Å². The number of hydrogen-bond donors (Lipinski definition) is 0. The van der Waals surface area contributed by atoms with Crippen LogP contribution in [0, 0.1) is 0 Å². The van der Waals surface area contributed by atoms with E-state index in [1.54, 1.807) is 33.5 Å². The molecule has 1 heterocycles. The minimum absolute atomic E-state index is 0.175. The molecular formula is C27H25NO6. The van der Waals surface area contributed by atoms with Crippen molar-refractivity contribution in [1.29, 1.82) is 0 Å². The second-order valence-corrected chi connectivity index (χ2v) is 7.40. The number of ether oxygens (including phenoxy) is 5. The molecule has 7 nitrogen and oxygen atoms in total. The lowest BCUT2D eigenvalue weighted by Gasteiger charge is -2.15. The van der Waals surface area contributed by atoms with Crippen LogP contribution < -0.4 is 18.9 Å². The van der Waals surface area contributed by atoms with Crippen LogP contribution in [0.15, 0.2) is 72.8 Å². The molecule has 4 aromatic rings. The van der Waals surface area contributed by atoms with E-state index in [1.165, 1.54) is 0 Å². The highest BCUT2D eigenvalue weighted by Gasteiger charge is 2.16. The number of benzene rings is 3. The van der Waals surface area contributed by atoms with Crippen molar-refractivity contribution in [3.63, 3.8) is 0 Å². The molecule has 0 spiro atoms. The molecule has 0 radical (unpaired) electrons. The van der Waals surface area contributed by atoms with Crippen LogP contribution in [0.2, 0.25) is 0 Å². The van der Waals surface area contributed by atoms with Crippen LogP contribution >= 0.6 is 0 Å². The fraction of sp³-hybridized carbons (Fsp3) is 0.185. The van der Waals surface area contributed by atoms with E-state index in [-0.39, 0.29) is 13.2 Å². The van der Waals surface area contributed by atoms with Crippen molar-refractivity contribution < 1.29 is 28.5 Å². The third-order valence-electron chi connectivity index (χ3n) is 5.26. The van der Waals surface area contributed by atoms with Gasteiger partial charge in [-0.2, -0.15) is 0 Å². The van der Waals surface area contributed by atoms with Crippen molar-refractivity contribution in [2.75, 3.05) is 27.9 Å². The maximum atomic E-state index is 12.4. The molecule has 0 N–H and O–H groups in total. The highest BCUT2D eigenvalue weighted by atomic mass is 16.6. The summed E-state index contributed by atoms with van der Waals surface area (Å²) < 4.78 is 27.4. The zero-order valence-electron chi connectivity index (χ0n) is 19.2. The van der Waals surface area contributed by atoms with E-state index in [9.17, 15) is 4.79 Å². The van der Waals surface area contributed by atoms with Crippen molar-refractivity contribution in [3.8, 4) is 34.3 Å². The van der Waals surface area contributed by atoms with Gasteiger partial charge in [-0.3, -0.25) is 0 Å². The van der Waals surface area contributed by atoms with Crippen molar-refractivity contribution >= 4 is 16.9 Å². The number of aromatic nitrogens is 1. The number of carbonyl (C=O) groups excluding carboxylic acids is 1. The first-order valence-electron chi connectivity index (χ1n) is 10.6. The molecule has 0 atom stereocenters. The Morgan fingerprint density at radius 3 is 2.24 bits per heavy atom. The molecular weight excluding hydrogens is 434 g/mol. The average molecular weight is 459 g/mol. The largest absolute Gasteiger partial charge is 0.497 e. The lowest BCUT2D eigenvalue weighted by molar-refractivity contribution is -0.147. The molecule has 0 aliphatic carbocycles. The summed E-state index contributed by atoms with van der Waals surface area (Å²) in [6.07, 6.45) is 0. The van der Waals surface area contributed by atoms with E-state index in [0.29, 0.717) is 28.5 Å². The summed E-state index contributed by atoms with van der Waals surface area (Å²) in [6.45, 7) is -0.108. The Morgan fingerprint density at radius 2 is 1.56 bits per heavy atom. The summed E-state index contributed by atoms with van der Waals surface area (Å²) in [4.78, 5) is 17.0. The van der Waals surface area contributed by atoms with E-state index in [1.807, 2.05) is 60.7 Å². The summed E-state index contributed by atoms with van der Waals surface area (Å²) in [5.74, 6) is 1.75. The number of methoxy groups -OCH3 is 3. The summed E-state index contributed by atoms with van der Waals surface area (Å²) in [7, 11) is 4.78. The molecule has 0 unspecified atom stereocenters. The Balaban J connectivity index is 1.65. The molecule has 174 valence electrons. The molecule has 7 heteroatoms. The predicted octanol–water partition coefficient (Wildman–Crippen LogP) is 5.05. The SMILES string of the molecule is COc1ccc(-c2cc3c(OC)cc(OC)cc3nc2OCC(=O)OCc2ccccc2)cc1. The molecule has 0 fully saturated rings. The fourth-order valence-corrected chi connectivity index (χ4v) is 3.48. The maximum absolute atomic E-state index is 12.4. The topological polar surface area (TPSA) is 76.1 Å². The van der Waals surface area contributed by atoms with E-state index in [0.717, 1.165) is 22.3 Å². The Morgan fingerprint density at radius 1 is 0.824 bits per heavy atom. The Bertz CT molecular complexity index is 1270. The smallest absolute Gasteiger partial charge is 0.344 e.